The van der Waals surface area contributed by atoms with Gasteiger partial charge in [-0.1, -0.05) is 5.21 Å². The molecule has 1 rings (SSSR count). The summed E-state index contributed by atoms with van der Waals surface area (Å²) in [6, 6.07) is 0. The van der Waals surface area contributed by atoms with Crippen LogP contribution in [0.2, 0.25) is 0 Å². The van der Waals surface area contributed by atoms with Crippen molar-refractivity contribution in [2.75, 3.05) is 0 Å². The minimum absolute atomic E-state index is 0.0706. The summed E-state index contributed by atoms with van der Waals surface area (Å²) >= 11 is 0. The van der Waals surface area contributed by atoms with Crippen molar-refractivity contribution in [3.63, 3.8) is 0 Å². The Hall–Kier alpha value is -1.39. The van der Waals surface area contributed by atoms with Gasteiger partial charge in [0.1, 0.15) is 11.5 Å². The molecular formula is C3H5N5. The first-order valence-electron chi connectivity index (χ1n) is 2.01. The molecule has 42 valence electrons. The Kier molecular flexibility index (Phi) is 0.957. The fourth-order valence-electron chi connectivity index (χ4n) is 0.333. The third-order valence-electron chi connectivity index (χ3n) is 0.693. The van der Waals surface area contributed by atoms with Crippen molar-refractivity contribution in [3.8, 4) is 0 Å². The number of amidine groups is 1. The second-order valence-electron chi connectivity index (χ2n) is 1.27. The molecule has 0 atom stereocenters. The highest BCUT2D eigenvalue weighted by Crippen LogP contribution is 1.82. The van der Waals surface area contributed by atoms with Crippen LogP contribution >= 0.6 is 0 Å². The van der Waals surface area contributed by atoms with Crippen LogP contribution in [0.15, 0.2) is 6.20 Å². The maximum absolute atomic E-state index is 6.81. The molecule has 0 aromatic carbocycles. The van der Waals surface area contributed by atoms with Gasteiger partial charge in [-0.15, -0.1) is 5.10 Å². The predicted octanol–water partition coefficient (Wildman–Crippen LogP) is -0.911. The normalized spacial score (nSPS) is 9.00. The van der Waals surface area contributed by atoms with Crippen LogP contribution in [0.25, 0.3) is 0 Å². The van der Waals surface area contributed by atoms with E-state index in [1.54, 1.807) is 0 Å². The monoisotopic (exact) mass is 111 g/mol. The molecule has 0 fully saturated rings. The van der Waals surface area contributed by atoms with Crippen LogP contribution in [0.3, 0.4) is 0 Å². The molecule has 0 aliphatic heterocycles. The van der Waals surface area contributed by atoms with Crippen LogP contribution in [0.4, 0.5) is 0 Å². The summed E-state index contributed by atoms with van der Waals surface area (Å²) in [5, 5.41) is 16.0. The summed E-state index contributed by atoms with van der Waals surface area (Å²) in [6.07, 6.45) is 1.46. The molecule has 0 saturated carbocycles. The van der Waals surface area contributed by atoms with Gasteiger partial charge in [0.25, 0.3) is 0 Å². The molecule has 8 heavy (non-hydrogen) atoms. The van der Waals surface area contributed by atoms with E-state index in [-0.39, 0.29) is 5.84 Å². The summed E-state index contributed by atoms with van der Waals surface area (Å²) < 4.78 is 0. The molecule has 1 heterocycles. The lowest BCUT2D eigenvalue weighted by Gasteiger charge is -1.81. The third-order valence-corrected chi connectivity index (χ3v) is 0.693. The van der Waals surface area contributed by atoms with Crippen molar-refractivity contribution in [2.24, 2.45) is 5.73 Å². The van der Waals surface area contributed by atoms with E-state index in [2.05, 4.69) is 15.4 Å². The largest absolute Gasteiger partial charge is 0.382 e. The van der Waals surface area contributed by atoms with E-state index in [1.165, 1.54) is 6.20 Å². The van der Waals surface area contributed by atoms with E-state index >= 15 is 0 Å². The molecule has 1 aromatic heterocycles. The molecule has 4 N–H and O–H groups in total. The number of aromatic nitrogens is 3. The van der Waals surface area contributed by atoms with Crippen LogP contribution in [0, 0.1) is 5.41 Å². The van der Waals surface area contributed by atoms with E-state index in [1.807, 2.05) is 0 Å². The highest BCUT2D eigenvalue weighted by molar-refractivity contribution is 5.92. The Morgan fingerprint density at radius 1 is 1.88 bits per heavy atom. The summed E-state index contributed by atoms with van der Waals surface area (Å²) in [4.78, 5) is 0. The molecule has 0 saturated heterocycles. The highest BCUT2D eigenvalue weighted by Gasteiger charge is 1.94. The van der Waals surface area contributed by atoms with Crippen LogP contribution in [-0.4, -0.2) is 21.2 Å². The summed E-state index contributed by atoms with van der Waals surface area (Å²) in [7, 11) is 0. The lowest BCUT2D eigenvalue weighted by molar-refractivity contribution is 0.936. The lowest BCUT2D eigenvalue weighted by Crippen LogP contribution is -2.11. The highest BCUT2D eigenvalue weighted by atomic mass is 15.3. The van der Waals surface area contributed by atoms with Crippen LogP contribution in [-0.2, 0) is 0 Å². The SMILES string of the molecule is N=C(N)c1c[nH]nn1. The van der Waals surface area contributed by atoms with Gasteiger partial charge < -0.3 is 5.73 Å². The standard InChI is InChI=1S/C3H5N5/c4-3(5)2-1-6-8-7-2/h1H,(H3,4,5)(H,6,7,8). The molecule has 0 spiro atoms. The van der Waals surface area contributed by atoms with Crippen LogP contribution in [0.1, 0.15) is 5.69 Å². The minimum atomic E-state index is -0.0706. The zero-order chi connectivity index (χ0) is 5.98. The Morgan fingerprint density at radius 2 is 2.62 bits per heavy atom. The van der Waals surface area contributed by atoms with Gasteiger partial charge in [-0.25, -0.2) is 0 Å². The Morgan fingerprint density at radius 3 is 2.88 bits per heavy atom. The number of nitrogen functional groups attached to an aromatic ring is 1. The molecule has 5 nitrogen and oxygen atoms in total. The first-order chi connectivity index (χ1) is 3.80. The van der Waals surface area contributed by atoms with Crippen molar-refractivity contribution in [2.45, 2.75) is 0 Å². The number of hydrogen-bond acceptors (Lipinski definition) is 3. The molecule has 0 amide bonds. The zero-order valence-electron chi connectivity index (χ0n) is 4.05. The van der Waals surface area contributed by atoms with E-state index in [9.17, 15) is 0 Å². The van der Waals surface area contributed by atoms with Gasteiger partial charge in [0.05, 0.1) is 6.20 Å². The van der Waals surface area contributed by atoms with E-state index < -0.39 is 0 Å². The molecule has 1 aromatic rings. The van der Waals surface area contributed by atoms with Crippen molar-refractivity contribution < 1.29 is 0 Å². The predicted molar refractivity (Wildman–Crippen MR) is 27.4 cm³/mol. The van der Waals surface area contributed by atoms with Gasteiger partial charge in [-0.05, 0) is 0 Å². The summed E-state index contributed by atoms with van der Waals surface area (Å²) in [5.41, 5.74) is 5.40. The zero-order valence-corrected chi connectivity index (χ0v) is 4.05. The van der Waals surface area contributed by atoms with E-state index in [0.717, 1.165) is 0 Å². The molecule has 0 radical (unpaired) electrons. The average Bonchev–Trinajstić information content (AvgIpc) is 2.12. The fraction of sp³-hybridized carbons (Fsp3) is 0. The quantitative estimate of drug-likeness (QED) is 0.323. The van der Waals surface area contributed by atoms with Gasteiger partial charge in [0, 0.05) is 0 Å². The fourth-order valence-corrected chi connectivity index (χ4v) is 0.333. The van der Waals surface area contributed by atoms with Gasteiger partial charge in [-0.3, -0.25) is 10.5 Å². The minimum Gasteiger partial charge on any atom is -0.382 e. The second-order valence-corrected chi connectivity index (χ2v) is 1.27. The number of H-pyrrole nitrogens is 1. The topological polar surface area (TPSA) is 91.4 Å². The Balaban J connectivity index is 2.93. The van der Waals surface area contributed by atoms with Crippen LogP contribution in [0.5, 0.6) is 0 Å². The van der Waals surface area contributed by atoms with E-state index in [0.29, 0.717) is 5.69 Å². The maximum Gasteiger partial charge on any atom is 0.146 e. The lowest BCUT2D eigenvalue weighted by atomic mass is 10.5. The molecule has 0 unspecified atom stereocenters. The Bertz CT molecular complexity index is 176. The van der Waals surface area contributed by atoms with E-state index in [4.69, 9.17) is 11.1 Å². The van der Waals surface area contributed by atoms with Gasteiger partial charge >= 0.3 is 0 Å². The summed E-state index contributed by atoms with van der Waals surface area (Å²) in [6.45, 7) is 0. The third kappa shape index (κ3) is 0.651. The Labute approximate surface area is 45.4 Å². The average molecular weight is 111 g/mol. The molecular weight excluding hydrogens is 106 g/mol. The van der Waals surface area contributed by atoms with Gasteiger partial charge in [-0.2, -0.15) is 0 Å². The summed E-state index contributed by atoms with van der Waals surface area (Å²) in [5.74, 6) is -0.0706. The number of nitrogens with two attached hydrogens (primary N) is 1. The van der Waals surface area contributed by atoms with Crippen molar-refractivity contribution in [3.05, 3.63) is 11.9 Å². The second kappa shape index (κ2) is 1.61. The number of nitrogens with zero attached hydrogens (tertiary/aromatic N) is 2. The van der Waals surface area contributed by atoms with Gasteiger partial charge in [0.2, 0.25) is 0 Å². The maximum atomic E-state index is 6.81. The van der Waals surface area contributed by atoms with Crippen molar-refractivity contribution >= 4 is 5.84 Å². The molecule has 0 aliphatic rings. The molecule has 0 aliphatic carbocycles. The number of hydrogen-bond donors (Lipinski definition) is 3. The smallest absolute Gasteiger partial charge is 0.146 e. The first kappa shape index (κ1) is 4.76. The van der Waals surface area contributed by atoms with Crippen molar-refractivity contribution in [1.82, 2.24) is 15.4 Å². The number of rotatable bonds is 1. The first-order valence-corrected chi connectivity index (χ1v) is 2.01. The van der Waals surface area contributed by atoms with Crippen LogP contribution < -0.4 is 5.73 Å². The number of aromatic amines is 1. The van der Waals surface area contributed by atoms with Gasteiger partial charge in [0.15, 0.2) is 0 Å². The van der Waals surface area contributed by atoms with Crippen molar-refractivity contribution in [1.29, 1.82) is 5.41 Å². The number of nitrogens with one attached hydrogen (secondary N) is 2. The molecule has 5 heteroatoms. The molecule has 0 bridgehead atoms.